The van der Waals surface area contributed by atoms with E-state index in [1.54, 1.807) is 0 Å². The number of hydrogen-bond acceptors (Lipinski definition) is 4. The lowest BCUT2D eigenvalue weighted by molar-refractivity contribution is -0.140. The number of nitriles is 1. The fourth-order valence-corrected chi connectivity index (χ4v) is 1.39. The molecule has 19 heavy (non-hydrogen) atoms. The van der Waals surface area contributed by atoms with E-state index in [-0.39, 0.29) is 11.3 Å². The van der Waals surface area contributed by atoms with Crippen LogP contribution in [-0.2, 0) is 4.79 Å². The van der Waals surface area contributed by atoms with E-state index in [4.69, 9.17) is 27.1 Å². The van der Waals surface area contributed by atoms with Crippen LogP contribution in [0.25, 0.3) is 0 Å². The van der Waals surface area contributed by atoms with Crippen molar-refractivity contribution in [3.63, 3.8) is 0 Å². The number of aliphatic hydroxyl groups excluding tert-OH is 1. The number of carboxylic acids is 1. The van der Waals surface area contributed by atoms with Gasteiger partial charge in [0, 0.05) is 5.02 Å². The topological polar surface area (TPSA) is 122 Å². The molecule has 100 valence electrons. The summed E-state index contributed by atoms with van der Waals surface area (Å²) >= 11 is 5.73. The largest absolute Gasteiger partial charge is 0.480 e. The molecule has 0 bridgehead atoms. The maximum atomic E-state index is 11.5. The summed E-state index contributed by atoms with van der Waals surface area (Å²) in [6.45, 7) is -0.747. The predicted octanol–water partition coefficient (Wildman–Crippen LogP) is 0.779. The number of carbonyl (C=O) groups is 2. The molecule has 0 aliphatic carbocycles. The molecule has 0 fully saturated rings. The number of aliphatic hydroxyl groups is 1. The molecule has 2 amide bonds. The molecule has 1 atom stereocenters. The second kappa shape index (κ2) is 6.58. The zero-order valence-electron chi connectivity index (χ0n) is 9.55. The fourth-order valence-electron chi connectivity index (χ4n) is 1.22. The number of carboxylic acid groups (broad SMARTS) is 1. The van der Waals surface area contributed by atoms with Gasteiger partial charge in [-0.3, -0.25) is 0 Å². The Kier molecular flexibility index (Phi) is 5.11. The van der Waals surface area contributed by atoms with Gasteiger partial charge in [0.05, 0.1) is 17.9 Å². The molecule has 0 aliphatic heterocycles. The third-order valence-corrected chi connectivity index (χ3v) is 2.37. The second-order valence-electron chi connectivity index (χ2n) is 3.47. The van der Waals surface area contributed by atoms with E-state index in [0.29, 0.717) is 5.02 Å². The number of hydrogen-bond donors (Lipinski definition) is 4. The Labute approximate surface area is 113 Å². The Balaban J connectivity index is 2.80. The standard InChI is InChI=1S/C11H10ClN3O4/c12-7-2-1-6(4-13)8(3-7)14-11(19)15-9(5-16)10(17)18/h1-3,9,16H,5H2,(H,17,18)(H2,14,15,19)/t9-/m1/s1. The number of benzene rings is 1. The number of halogens is 1. The molecule has 1 aromatic rings. The molecule has 7 nitrogen and oxygen atoms in total. The quantitative estimate of drug-likeness (QED) is 0.650. The number of carbonyl (C=O) groups excluding carboxylic acids is 1. The number of nitrogens with zero attached hydrogens (tertiary/aromatic N) is 1. The predicted molar refractivity (Wildman–Crippen MR) is 66.8 cm³/mol. The van der Waals surface area contributed by atoms with E-state index in [9.17, 15) is 9.59 Å². The molecule has 0 saturated heterocycles. The van der Waals surface area contributed by atoms with E-state index in [1.165, 1.54) is 18.2 Å². The Morgan fingerprint density at radius 3 is 2.68 bits per heavy atom. The molecular formula is C11H10ClN3O4. The summed E-state index contributed by atoms with van der Waals surface area (Å²) in [6, 6.07) is 3.82. The Morgan fingerprint density at radius 1 is 1.47 bits per heavy atom. The zero-order valence-corrected chi connectivity index (χ0v) is 10.3. The number of amides is 2. The van der Waals surface area contributed by atoms with Gasteiger partial charge < -0.3 is 20.8 Å². The molecule has 0 heterocycles. The van der Waals surface area contributed by atoms with Crippen LogP contribution in [0.4, 0.5) is 10.5 Å². The summed E-state index contributed by atoms with van der Waals surface area (Å²) < 4.78 is 0. The number of nitrogens with one attached hydrogen (secondary N) is 2. The van der Waals surface area contributed by atoms with Gasteiger partial charge in [0.15, 0.2) is 6.04 Å². The van der Waals surface area contributed by atoms with Crippen molar-refractivity contribution in [1.29, 1.82) is 5.26 Å². The smallest absolute Gasteiger partial charge is 0.328 e. The summed E-state index contributed by atoms with van der Waals surface area (Å²) in [5.41, 5.74) is 0.324. The van der Waals surface area contributed by atoms with Gasteiger partial charge in [-0.1, -0.05) is 11.6 Å². The monoisotopic (exact) mass is 283 g/mol. The first-order valence-electron chi connectivity index (χ1n) is 5.08. The highest BCUT2D eigenvalue weighted by molar-refractivity contribution is 6.31. The second-order valence-corrected chi connectivity index (χ2v) is 3.91. The molecule has 0 aliphatic rings. The van der Waals surface area contributed by atoms with Gasteiger partial charge in [-0.25, -0.2) is 9.59 Å². The van der Waals surface area contributed by atoms with Crippen LogP contribution in [0.5, 0.6) is 0 Å². The van der Waals surface area contributed by atoms with Crippen molar-refractivity contribution < 1.29 is 19.8 Å². The molecule has 1 aromatic carbocycles. The Hall–Kier alpha value is -2.30. The van der Waals surface area contributed by atoms with Crippen LogP contribution in [0.1, 0.15) is 5.56 Å². The SMILES string of the molecule is N#Cc1ccc(Cl)cc1NC(=O)N[C@H](CO)C(=O)O. The van der Waals surface area contributed by atoms with Crippen molar-refractivity contribution >= 4 is 29.3 Å². The van der Waals surface area contributed by atoms with Crippen molar-refractivity contribution in [2.24, 2.45) is 0 Å². The van der Waals surface area contributed by atoms with E-state index in [1.807, 2.05) is 11.4 Å². The van der Waals surface area contributed by atoms with Crippen molar-refractivity contribution in [3.05, 3.63) is 28.8 Å². The van der Waals surface area contributed by atoms with Crippen molar-refractivity contribution in [2.75, 3.05) is 11.9 Å². The third-order valence-electron chi connectivity index (χ3n) is 2.14. The van der Waals surface area contributed by atoms with E-state index in [2.05, 4.69) is 5.32 Å². The molecular weight excluding hydrogens is 274 g/mol. The van der Waals surface area contributed by atoms with Crippen LogP contribution in [0.3, 0.4) is 0 Å². The van der Waals surface area contributed by atoms with Gasteiger partial charge >= 0.3 is 12.0 Å². The van der Waals surface area contributed by atoms with E-state index < -0.39 is 24.6 Å². The minimum atomic E-state index is -1.43. The summed E-state index contributed by atoms with van der Waals surface area (Å²) in [7, 11) is 0. The number of rotatable bonds is 4. The van der Waals surface area contributed by atoms with Crippen molar-refractivity contribution in [3.8, 4) is 6.07 Å². The van der Waals surface area contributed by atoms with Crippen LogP contribution < -0.4 is 10.6 Å². The van der Waals surface area contributed by atoms with Gasteiger partial charge in [-0.2, -0.15) is 5.26 Å². The minimum absolute atomic E-state index is 0.148. The normalized spacial score (nSPS) is 11.2. The molecule has 8 heteroatoms. The first kappa shape index (κ1) is 14.8. The van der Waals surface area contributed by atoms with Crippen molar-refractivity contribution in [1.82, 2.24) is 5.32 Å². The third kappa shape index (κ3) is 4.13. The first-order chi connectivity index (χ1) is 8.97. The molecule has 0 saturated carbocycles. The van der Waals surface area contributed by atoms with E-state index in [0.717, 1.165) is 0 Å². The van der Waals surface area contributed by atoms with Gasteiger partial charge in [0.1, 0.15) is 6.07 Å². The molecule has 0 spiro atoms. The van der Waals surface area contributed by atoms with Crippen LogP contribution in [0, 0.1) is 11.3 Å². The van der Waals surface area contributed by atoms with Crippen LogP contribution >= 0.6 is 11.6 Å². The molecule has 1 rings (SSSR count). The Morgan fingerprint density at radius 2 is 2.16 bits per heavy atom. The van der Waals surface area contributed by atoms with Gasteiger partial charge in [0.25, 0.3) is 0 Å². The Bertz CT molecular complexity index is 541. The molecule has 4 N–H and O–H groups in total. The first-order valence-corrected chi connectivity index (χ1v) is 5.46. The highest BCUT2D eigenvalue weighted by Gasteiger charge is 2.19. The van der Waals surface area contributed by atoms with Crippen LogP contribution in [0.2, 0.25) is 5.02 Å². The van der Waals surface area contributed by atoms with Crippen LogP contribution in [0.15, 0.2) is 18.2 Å². The lowest BCUT2D eigenvalue weighted by atomic mass is 10.2. The molecule has 0 unspecified atom stereocenters. The summed E-state index contributed by atoms with van der Waals surface area (Å²) in [5.74, 6) is -1.37. The summed E-state index contributed by atoms with van der Waals surface area (Å²) in [5, 5.41) is 30.9. The average molecular weight is 284 g/mol. The highest BCUT2D eigenvalue weighted by Crippen LogP contribution is 2.20. The summed E-state index contributed by atoms with van der Waals surface area (Å²) in [4.78, 5) is 22.1. The van der Waals surface area contributed by atoms with E-state index >= 15 is 0 Å². The average Bonchev–Trinajstić information content (AvgIpc) is 2.35. The highest BCUT2D eigenvalue weighted by atomic mass is 35.5. The van der Waals surface area contributed by atoms with Gasteiger partial charge in [-0.15, -0.1) is 0 Å². The summed E-state index contributed by atoms with van der Waals surface area (Å²) in [6.07, 6.45) is 0. The maximum absolute atomic E-state index is 11.5. The van der Waals surface area contributed by atoms with Crippen molar-refractivity contribution in [2.45, 2.75) is 6.04 Å². The zero-order chi connectivity index (χ0) is 14.4. The van der Waals surface area contributed by atoms with Gasteiger partial charge in [-0.05, 0) is 18.2 Å². The number of aliphatic carboxylic acids is 1. The maximum Gasteiger partial charge on any atom is 0.328 e. The molecule has 0 aromatic heterocycles. The lowest BCUT2D eigenvalue weighted by Gasteiger charge is -2.13. The number of urea groups is 1. The molecule has 0 radical (unpaired) electrons. The van der Waals surface area contributed by atoms with Crippen LogP contribution in [-0.4, -0.2) is 34.9 Å². The van der Waals surface area contributed by atoms with Gasteiger partial charge in [0.2, 0.25) is 0 Å². The minimum Gasteiger partial charge on any atom is -0.480 e. The number of anilines is 1. The fraction of sp³-hybridized carbons (Fsp3) is 0.182. The lowest BCUT2D eigenvalue weighted by Crippen LogP contribution is -2.45.